The molecule has 0 heterocycles. The highest BCUT2D eigenvalue weighted by molar-refractivity contribution is 6.06. The highest BCUT2D eigenvalue weighted by atomic mass is 16.5. The maximum atomic E-state index is 12.1. The van der Waals surface area contributed by atoms with Gasteiger partial charge in [-0.15, -0.1) is 0 Å². The molecular formula is C20H22O3. The van der Waals surface area contributed by atoms with E-state index in [1.165, 1.54) is 0 Å². The molecule has 2 rings (SSSR count). The van der Waals surface area contributed by atoms with Gasteiger partial charge in [-0.2, -0.15) is 0 Å². The third-order valence-corrected chi connectivity index (χ3v) is 3.11. The summed E-state index contributed by atoms with van der Waals surface area (Å²) in [4.78, 5) is 12.1. The zero-order valence-electron chi connectivity index (χ0n) is 14.0. The van der Waals surface area contributed by atoms with Crippen LogP contribution >= 0.6 is 0 Å². The summed E-state index contributed by atoms with van der Waals surface area (Å²) in [6.07, 6.45) is 3.37. The predicted octanol–water partition coefficient (Wildman–Crippen LogP) is 4.77. The molecule has 0 unspecified atom stereocenters. The van der Waals surface area contributed by atoms with Gasteiger partial charge in [-0.05, 0) is 68.8 Å². The van der Waals surface area contributed by atoms with Gasteiger partial charge in [0.2, 0.25) is 0 Å². The number of hydrogen-bond donors (Lipinski definition) is 0. The number of benzene rings is 2. The van der Waals surface area contributed by atoms with Crippen molar-refractivity contribution < 1.29 is 14.3 Å². The second-order valence-corrected chi connectivity index (χ2v) is 6.21. The van der Waals surface area contributed by atoms with Gasteiger partial charge >= 0.3 is 0 Å². The van der Waals surface area contributed by atoms with Crippen molar-refractivity contribution in [1.82, 2.24) is 0 Å². The number of carbonyl (C=O) groups excluding carboxylic acids is 1. The lowest BCUT2D eigenvalue weighted by atomic mass is 10.1. The first-order chi connectivity index (χ1) is 10.9. The predicted molar refractivity (Wildman–Crippen MR) is 93.2 cm³/mol. The van der Waals surface area contributed by atoms with Crippen molar-refractivity contribution in [3.63, 3.8) is 0 Å². The second kappa shape index (κ2) is 7.14. The molecule has 2 aromatic rings. The Morgan fingerprint density at radius 3 is 2.00 bits per heavy atom. The maximum absolute atomic E-state index is 12.1. The van der Waals surface area contributed by atoms with Crippen LogP contribution in [0.15, 0.2) is 54.6 Å². The zero-order valence-corrected chi connectivity index (χ0v) is 14.0. The molecule has 0 amide bonds. The minimum absolute atomic E-state index is 0.0392. The molecular weight excluding hydrogens is 288 g/mol. The average molecular weight is 310 g/mol. The fraction of sp³-hybridized carbons (Fsp3) is 0.250. The summed E-state index contributed by atoms with van der Waals surface area (Å²) >= 11 is 0. The van der Waals surface area contributed by atoms with Gasteiger partial charge in [-0.3, -0.25) is 4.79 Å². The fourth-order valence-electron chi connectivity index (χ4n) is 2.02. The van der Waals surface area contributed by atoms with Gasteiger partial charge in [0, 0.05) is 5.56 Å². The van der Waals surface area contributed by atoms with Crippen LogP contribution in [-0.4, -0.2) is 18.5 Å². The third kappa shape index (κ3) is 5.29. The van der Waals surface area contributed by atoms with Crippen molar-refractivity contribution in [2.75, 3.05) is 7.11 Å². The molecule has 0 N–H and O–H groups in total. The maximum Gasteiger partial charge on any atom is 0.185 e. The molecule has 3 nitrogen and oxygen atoms in total. The molecule has 0 fully saturated rings. The topological polar surface area (TPSA) is 35.5 Å². The van der Waals surface area contributed by atoms with E-state index < -0.39 is 0 Å². The standard InChI is InChI=1S/C20H22O3/c1-20(2,3)23-18-10-5-15(6-11-18)7-14-19(21)16-8-12-17(22-4)13-9-16/h5-14H,1-4H3/b14-7+. The first-order valence-electron chi connectivity index (χ1n) is 7.53. The van der Waals surface area contributed by atoms with Crippen molar-refractivity contribution in [3.8, 4) is 11.5 Å². The van der Waals surface area contributed by atoms with Crippen LogP contribution in [0.25, 0.3) is 6.08 Å². The van der Waals surface area contributed by atoms with Crippen LogP contribution in [0, 0.1) is 0 Å². The SMILES string of the molecule is COc1ccc(C(=O)/C=C/c2ccc(OC(C)(C)C)cc2)cc1. The van der Waals surface area contributed by atoms with Crippen LogP contribution in [0.1, 0.15) is 36.7 Å². The Hall–Kier alpha value is -2.55. The van der Waals surface area contributed by atoms with Crippen molar-refractivity contribution in [3.05, 3.63) is 65.7 Å². The first-order valence-corrected chi connectivity index (χ1v) is 7.53. The lowest BCUT2D eigenvalue weighted by Gasteiger charge is -2.21. The summed E-state index contributed by atoms with van der Waals surface area (Å²) in [5.74, 6) is 1.51. The summed E-state index contributed by atoms with van der Waals surface area (Å²) in [5.41, 5.74) is 1.37. The third-order valence-electron chi connectivity index (χ3n) is 3.11. The van der Waals surface area contributed by atoms with Gasteiger partial charge in [-0.1, -0.05) is 18.2 Å². The minimum atomic E-state index is -0.221. The molecule has 0 saturated heterocycles. The molecule has 0 spiro atoms. The lowest BCUT2D eigenvalue weighted by Crippen LogP contribution is -2.22. The molecule has 0 bridgehead atoms. The van der Waals surface area contributed by atoms with E-state index in [9.17, 15) is 4.79 Å². The Morgan fingerprint density at radius 2 is 1.48 bits per heavy atom. The molecule has 0 saturated carbocycles. The van der Waals surface area contributed by atoms with E-state index in [4.69, 9.17) is 9.47 Å². The molecule has 0 aliphatic rings. The van der Waals surface area contributed by atoms with E-state index in [0.717, 1.165) is 17.1 Å². The Bertz CT molecular complexity index is 674. The van der Waals surface area contributed by atoms with Crippen molar-refractivity contribution in [2.45, 2.75) is 26.4 Å². The number of ketones is 1. The van der Waals surface area contributed by atoms with Crippen molar-refractivity contribution >= 4 is 11.9 Å². The van der Waals surface area contributed by atoms with E-state index in [0.29, 0.717) is 5.56 Å². The van der Waals surface area contributed by atoms with Crippen LogP contribution in [0.3, 0.4) is 0 Å². The monoisotopic (exact) mass is 310 g/mol. The van der Waals surface area contributed by atoms with E-state index in [1.54, 1.807) is 43.5 Å². The van der Waals surface area contributed by atoms with Gasteiger partial charge in [0.15, 0.2) is 5.78 Å². The number of allylic oxidation sites excluding steroid dienone is 1. The quantitative estimate of drug-likeness (QED) is 0.589. The van der Waals surface area contributed by atoms with Crippen molar-refractivity contribution in [1.29, 1.82) is 0 Å². The summed E-state index contributed by atoms with van der Waals surface area (Å²) in [5, 5.41) is 0. The molecule has 0 radical (unpaired) electrons. The number of hydrogen-bond acceptors (Lipinski definition) is 3. The minimum Gasteiger partial charge on any atom is -0.497 e. The van der Waals surface area contributed by atoms with Crippen LogP contribution in [0.2, 0.25) is 0 Å². The Kier molecular flexibility index (Phi) is 5.22. The normalized spacial score (nSPS) is 11.5. The molecule has 23 heavy (non-hydrogen) atoms. The highest BCUT2D eigenvalue weighted by Gasteiger charge is 2.11. The Morgan fingerprint density at radius 1 is 0.913 bits per heavy atom. The van der Waals surface area contributed by atoms with Gasteiger partial charge in [-0.25, -0.2) is 0 Å². The molecule has 3 heteroatoms. The number of rotatable bonds is 5. The summed E-state index contributed by atoms with van der Waals surface area (Å²) in [7, 11) is 1.60. The van der Waals surface area contributed by atoms with Crippen LogP contribution in [0.5, 0.6) is 11.5 Å². The lowest BCUT2D eigenvalue weighted by molar-refractivity contribution is 0.104. The Balaban J connectivity index is 2.02. The van der Waals surface area contributed by atoms with Gasteiger partial charge in [0.05, 0.1) is 7.11 Å². The van der Waals surface area contributed by atoms with Gasteiger partial charge in [0.1, 0.15) is 17.1 Å². The number of carbonyl (C=O) groups is 1. The molecule has 0 aliphatic heterocycles. The highest BCUT2D eigenvalue weighted by Crippen LogP contribution is 2.19. The van der Waals surface area contributed by atoms with Crippen LogP contribution in [-0.2, 0) is 0 Å². The van der Waals surface area contributed by atoms with Gasteiger partial charge < -0.3 is 9.47 Å². The molecule has 0 atom stereocenters. The van der Waals surface area contributed by atoms with Crippen LogP contribution < -0.4 is 9.47 Å². The van der Waals surface area contributed by atoms with E-state index in [2.05, 4.69) is 0 Å². The first kappa shape index (κ1) is 16.8. The molecule has 120 valence electrons. The Labute approximate surface area is 137 Å². The van der Waals surface area contributed by atoms with E-state index >= 15 is 0 Å². The van der Waals surface area contributed by atoms with Gasteiger partial charge in [0.25, 0.3) is 0 Å². The fourth-order valence-corrected chi connectivity index (χ4v) is 2.02. The molecule has 0 aliphatic carbocycles. The molecule has 0 aromatic heterocycles. The summed E-state index contributed by atoms with van der Waals surface area (Å²) < 4.78 is 10.9. The van der Waals surface area contributed by atoms with Crippen LogP contribution in [0.4, 0.5) is 0 Å². The van der Waals surface area contributed by atoms with E-state index in [1.807, 2.05) is 45.0 Å². The summed E-state index contributed by atoms with van der Waals surface area (Å²) in [6, 6.07) is 14.7. The zero-order chi connectivity index (χ0) is 16.9. The summed E-state index contributed by atoms with van der Waals surface area (Å²) in [6.45, 7) is 6.02. The second-order valence-electron chi connectivity index (χ2n) is 6.21. The average Bonchev–Trinajstić information content (AvgIpc) is 2.52. The number of methoxy groups -OCH3 is 1. The molecule has 2 aromatic carbocycles. The van der Waals surface area contributed by atoms with Crippen molar-refractivity contribution in [2.24, 2.45) is 0 Å². The smallest absolute Gasteiger partial charge is 0.185 e. The largest absolute Gasteiger partial charge is 0.497 e. The number of ether oxygens (including phenoxy) is 2. The van der Waals surface area contributed by atoms with E-state index in [-0.39, 0.29) is 11.4 Å².